The van der Waals surface area contributed by atoms with Crippen LogP contribution in [0.25, 0.3) is 0 Å². The summed E-state index contributed by atoms with van der Waals surface area (Å²) < 4.78 is 64.3. The van der Waals surface area contributed by atoms with Gasteiger partial charge in [-0.2, -0.15) is 0 Å². The first-order valence-corrected chi connectivity index (χ1v) is 13.4. The zero-order chi connectivity index (χ0) is 25.5. The average Bonchev–Trinajstić information content (AvgIpc) is 3.37. The first kappa shape index (κ1) is 25.2. The van der Waals surface area contributed by atoms with Gasteiger partial charge in [-0.05, 0) is 48.6 Å². The average molecular weight is 509 g/mol. The molecule has 2 amide bonds. The van der Waals surface area contributed by atoms with Crippen molar-refractivity contribution in [2.24, 2.45) is 11.8 Å². The Bertz CT molecular complexity index is 1270. The highest BCUT2D eigenvalue weighted by atomic mass is 32.2. The molecule has 2 fully saturated rings. The van der Waals surface area contributed by atoms with Gasteiger partial charge in [0.25, 0.3) is 5.91 Å². The molecule has 188 valence electrons. The second-order valence-corrected chi connectivity index (χ2v) is 11.6. The number of benzene rings is 2. The van der Waals surface area contributed by atoms with E-state index >= 15 is 0 Å². The predicted molar refractivity (Wildman–Crippen MR) is 123 cm³/mol. The zero-order valence-electron chi connectivity index (χ0n) is 19.5. The van der Waals surface area contributed by atoms with E-state index in [1.165, 1.54) is 18.2 Å². The molecule has 0 aromatic heterocycles. The summed E-state index contributed by atoms with van der Waals surface area (Å²) in [7, 11) is -3.45. The van der Waals surface area contributed by atoms with E-state index in [-0.39, 0.29) is 58.6 Å². The quantitative estimate of drug-likeness (QED) is 0.561. The van der Waals surface area contributed by atoms with Crippen molar-refractivity contribution in [3.05, 3.63) is 65.0 Å². The van der Waals surface area contributed by atoms with Crippen molar-refractivity contribution >= 4 is 21.7 Å². The van der Waals surface area contributed by atoms with Crippen LogP contribution in [-0.4, -0.2) is 62.0 Å². The number of rotatable bonds is 6. The summed E-state index contributed by atoms with van der Waals surface area (Å²) in [6, 6.07) is 7.13. The van der Waals surface area contributed by atoms with E-state index in [4.69, 9.17) is 0 Å². The number of likely N-dealkylation sites (tertiary alicyclic amines) is 2. The molecule has 0 N–H and O–H groups in total. The molecule has 35 heavy (non-hydrogen) atoms. The van der Waals surface area contributed by atoms with Gasteiger partial charge in [-0.3, -0.25) is 9.59 Å². The van der Waals surface area contributed by atoms with E-state index in [9.17, 15) is 31.2 Å². The van der Waals surface area contributed by atoms with Gasteiger partial charge in [0, 0.05) is 49.9 Å². The molecule has 10 heteroatoms. The Morgan fingerprint density at radius 1 is 1.06 bits per heavy atom. The third kappa shape index (κ3) is 5.37. The van der Waals surface area contributed by atoms with Crippen molar-refractivity contribution < 1.29 is 31.2 Å². The molecule has 2 heterocycles. The monoisotopic (exact) mass is 508 g/mol. The molecule has 2 aromatic carbocycles. The van der Waals surface area contributed by atoms with E-state index < -0.39 is 27.3 Å². The molecule has 2 aromatic rings. The van der Waals surface area contributed by atoms with Gasteiger partial charge < -0.3 is 9.80 Å². The van der Waals surface area contributed by atoms with Crippen molar-refractivity contribution in [1.82, 2.24) is 9.80 Å². The lowest BCUT2D eigenvalue weighted by atomic mass is 9.96. The van der Waals surface area contributed by atoms with Gasteiger partial charge >= 0.3 is 0 Å². The molecule has 0 bridgehead atoms. The Balaban J connectivity index is 1.39. The van der Waals surface area contributed by atoms with Crippen molar-refractivity contribution in [1.29, 1.82) is 0 Å². The van der Waals surface area contributed by atoms with Crippen molar-refractivity contribution in [3.8, 4) is 0 Å². The number of nitrogens with zero attached hydrogens (tertiary/aromatic N) is 2. The highest BCUT2D eigenvalue weighted by Crippen LogP contribution is 2.33. The van der Waals surface area contributed by atoms with Gasteiger partial charge in [-0.25, -0.2) is 21.6 Å². The summed E-state index contributed by atoms with van der Waals surface area (Å²) in [5, 5.41) is 0. The maximum absolute atomic E-state index is 14.0. The SMILES string of the molecule is C[C@@H](CC(=O)N1CC[C@H]2CN(C(=O)c3cccc(S(C)(=O)=O)c3)C[C@H]21)Cc1cc(F)c(F)cc1F. The Morgan fingerprint density at radius 3 is 2.49 bits per heavy atom. The minimum absolute atomic E-state index is 0.0254. The van der Waals surface area contributed by atoms with Crippen LogP contribution in [0.1, 0.15) is 35.7 Å². The van der Waals surface area contributed by atoms with E-state index in [0.717, 1.165) is 18.7 Å². The summed E-state index contributed by atoms with van der Waals surface area (Å²) >= 11 is 0. The fraction of sp³-hybridized carbons (Fsp3) is 0.440. The molecular weight excluding hydrogens is 481 g/mol. The van der Waals surface area contributed by atoms with Crippen LogP contribution in [0.15, 0.2) is 41.3 Å². The van der Waals surface area contributed by atoms with E-state index in [2.05, 4.69) is 0 Å². The Kier molecular flexibility index (Phi) is 6.95. The first-order valence-electron chi connectivity index (χ1n) is 11.5. The Labute approximate surface area is 202 Å². The summed E-state index contributed by atoms with van der Waals surface area (Å²) in [4.78, 5) is 29.5. The number of fused-ring (bicyclic) bond motifs is 1. The third-order valence-corrected chi connectivity index (χ3v) is 7.96. The number of hydrogen-bond donors (Lipinski definition) is 0. The van der Waals surface area contributed by atoms with Crippen molar-refractivity contribution in [3.63, 3.8) is 0 Å². The topological polar surface area (TPSA) is 74.8 Å². The zero-order valence-corrected chi connectivity index (χ0v) is 20.3. The van der Waals surface area contributed by atoms with Crippen LogP contribution in [0.4, 0.5) is 13.2 Å². The number of carbonyl (C=O) groups is 2. The summed E-state index contributed by atoms with van der Waals surface area (Å²) in [6.07, 6.45) is 2.04. The molecule has 2 aliphatic rings. The lowest BCUT2D eigenvalue weighted by Crippen LogP contribution is -2.41. The maximum atomic E-state index is 14.0. The molecule has 2 saturated heterocycles. The molecule has 6 nitrogen and oxygen atoms in total. The molecule has 2 aliphatic heterocycles. The molecular formula is C25H27F3N2O4S. The molecule has 0 radical (unpaired) electrons. The minimum Gasteiger partial charge on any atom is -0.338 e. The third-order valence-electron chi connectivity index (χ3n) is 6.85. The number of amides is 2. The van der Waals surface area contributed by atoms with E-state index in [0.29, 0.717) is 25.7 Å². The maximum Gasteiger partial charge on any atom is 0.253 e. The highest BCUT2D eigenvalue weighted by molar-refractivity contribution is 7.90. The van der Waals surface area contributed by atoms with Gasteiger partial charge in [0.05, 0.1) is 10.9 Å². The summed E-state index contributed by atoms with van der Waals surface area (Å²) in [5.41, 5.74) is 0.311. The number of carbonyl (C=O) groups excluding carboxylic acids is 2. The van der Waals surface area contributed by atoms with Crippen LogP contribution in [0.3, 0.4) is 0 Å². The summed E-state index contributed by atoms with van der Waals surface area (Å²) in [5.74, 6) is -3.78. The predicted octanol–water partition coefficient (Wildman–Crippen LogP) is 3.45. The van der Waals surface area contributed by atoms with Gasteiger partial charge in [0.15, 0.2) is 21.5 Å². The lowest BCUT2D eigenvalue weighted by molar-refractivity contribution is -0.133. The minimum atomic E-state index is -3.45. The highest BCUT2D eigenvalue weighted by Gasteiger charge is 2.44. The molecule has 0 aliphatic carbocycles. The second-order valence-electron chi connectivity index (χ2n) is 9.58. The smallest absolute Gasteiger partial charge is 0.253 e. The first-order chi connectivity index (χ1) is 16.4. The fourth-order valence-electron chi connectivity index (χ4n) is 5.06. The second kappa shape index (κ2) is 9.64. The van der Waals surface area contributed by atoms with Gasteiger partial charge in [0.1, 0.15) is 5.82 Å². The van der Waals surface area contributed by atoms with Crippen LogP contribution < -0.4 is 0 Å². The lowest BCUT2D eigenvalue weighted by Gasteiger charge is -2.26. The van der Waals surface area contributed by atoms with Crippen molar-refractivity contribution in [2.45, 2.75) is 37.1 Å². The van der Waals surface area contributed by atoms with Gasteiger partial charge in [0.2, 0.25) is 5.91 Å². The largest absolute Gasteiger partial charge is 0.338 e. The molecule has 0 spiro atoms. The summed E-state index contributed by atoms with van der Waals surface area (Å²) in [6.45, 7) is 3.15. The number of halogens is 3. The molecule has 3 atom stereocenters. The van der Waals surface area contributed by atoms with Crippen LogP contribution in [0.5, 0.6) is 0 Å². The van der Waals surface area contributed by atoms with E-state index in [1.807, 2.05) is 0 Å². The standard InChI is InChI=1S/C25H27F3N2O4S/c1-15(8-18-11-21(27)22(28)12-20(18)26)9-24(31)30-7-6-17-13-29(14-23(17)30)25(32)16-4-3-5-19(10-16)35(2,33)34/h3-5,10-12,15,17,23H,6-9,13-14H2,1-2H3/t15-,17+,23-/m1/s1. The normalized spacial score (nSPS) is 20.7. The molecule has 0 unspecified atom stereocenters. The Hall–Kier alpha value is -2.88. The van der Waals surface area contributed by atoms with Gasteiger partial charge in [-0.15, -0.1) is 0 Å². The van der Waals surface area contributed by atoms with E-state index in [1.54, 1.807) is 22.8 Å². The molecule has 0 saturated carbocycles. The van der Waals surface area contributed by atoms with Crippen LogP contribution >= 0.6 is 0 Å². The molecule has 4 rings (SSSR count). The fourth-order valence-corrected chi connectivity index (χ4v) is 5.73. The Morgan fingerprint density at radius 2 is 1.77 bits per heavy atom. The van der Waals surface area contributed by atoms with Crippen molar-refractivity contribution in [2.75, 3.05) is 25.9 Å². The number of sulfone groups is 1. The van der Waals surface area contributed by atoms with Crippen LogP contribution in [0.2, 0.25) is 0 Å². The van der Waals surface area contributed by atoms with Crippen LogP contribution in [-0.2, 0) is 21.1 Å². The number of hydrogen-bond acceptors (Lipinski definition) is 4. The van der Waals surface area contributed by atoms with Crippen LogP contribution in [0, 0.1) is 29.3 Å². The van der Waals surface area contributed by atoms with Gasteiger partial charge in [-0.1, -0.05) is 13.0 Å².